The van der Waals surface area contributed by atoms with E-state index < -0.39 is 0 Å². The Hall–Kier alpha value is -1.24. The van der Waals surface area contributed by atoms with Gasteiger partial charge in [-0.15, -0.1) is 12.4 Å². The molecule has 2 aliphatic rings. The van der Waals surface area contributed by atoms with E-state index in [4.69, 9.17) is 0 Å². The van der Waals surface area contributed by atoms with Crippen LogP contribution in [0.5, 0.6) is 0 Å². The molecule has 7 heteroatoms. The number of carbonyl (C=O) groups excluding carboxylic acids is 2. The van der Waals surface area contributed by atoms with Crippen LogP contribution in [-0.2, 0) is 9.59 Å². The number of hydrogen-bond acceptors (Lipinski definition) is 4. The van der Waals surface area contributed by atoms with E-state index in [1.54, 1.807) is 4.90 Å². The van der Waals surface area contributed by atoms with Gasteiger partial charge in [-0.1, -0.05) is 6.07 Å². The molecular formula is C16H22ClN3O2S. The highest BCUT2D eigenvalue weighted by molar-refractivity contribution is 7.99. The van der Waals surface area contributed by atoms with Crippen molar-refractivity contribution in [1.29, 1.82) is 0 Å². The molecule has 1 aromatic rings. The Morgan fingerprint density at radius 3 is 3.00 bits per heavy atom. The molecular weight excluding hydrogens is 334 g/mol. The number of anilines is 2. The summed E-state index contributed by atoms with van der Waals surface area (Å²) in [5.74, 6) is 2.27. The van der Waals surface area contributed by atoms with Crippen molar-refractivity contribution in [3.63, 3.8) is 0 Å². The molecule has 2 saturated heterocycles. The van der Waals surface area contributed by atoms with Gasteiger partial charge in [-0.05, 0) is 24.6 Å². The zero-order valence-corrected chi connectivity index (χ0v) is 14.5. The van der Waals surface area contributed by atoms with Crippen LogP contribution < -0.4 is 15.5 Å². The van der Waals surface area contributed by atoms with Gasteiger partial charge in [0.05, 0.1) is 0 Å². The van der Waals surface area contributed by atoms with Gasteiger partial charge in [0, 0.05) is 54.9 Å². The summed E-state index contributed by atoms with van der Waals surface area (Å²) in [4.78, 5) is 25.7. The zero-order valence-electron chi connectivity index (χ0n) is 12.9. The van der Waals surface area contributed by atoms with Crippen molar-refractivity contribution < 1.29 is 9.59 Å². The summed E-state index contributed by atoms with van der Waals surface area (Å²) in [6.07, 6.45) is 2.00. The Kier molecular flexibility index (Phi) is 6.74. The Balaban J connectivity index is 0.00000192. The largest absolute Gasteiger partial charge is 0.326 e. The highest BCUT2D eigenvalue weighted by Crippen LogP contribution is 2.24. The van der Waals surface area contributed by atoms with Gasteiger partial charge in [-0.2, -0.15) is 11.8 Å². The number of amides is 2. The maximum atomic E-state index is 12.1. The van der Waals surface area contributed by atoms with E-state index in [1.165, 1.54) is 0 Å². The molecule has 5 nitrogen and oxygen atoms in total. The molecule has 2 aliphatic heterocycles. The molecule has 1 aromatic carbocycles. The minimum absolute atomic E-state index is 0. The minimum atomic E-state index is 0. The molecule has 2 heterocycles. The van der Waals surface area contributed by atoms with E-state index in [9.17, 15) is 9.59 Å². The maximum absolute atomic E-state index is 12.1. The molecule has 2 fully saturated rings. The van der Waals surface area contributed by atoms with E-state index in [0.29, 0.717) is 12.8 Å². The number of thioether (sulfide) groups is 1. The van der Waals surface area contributed by atoms with E-state index >= 15 is 0 Å². The monoisotopic (exact) mass is 355 g/mol. The molecule has 0 aromatic heterocycles. The van der Waals surface area contributed by atoms with E-state index in [0.717, 1.165) is 42.4 Å². The molecule has 2 N–H and O–H groups in total. The Labute approximate surface area is 147 Å². The standard InChI is InChI=1S/C16H21N3O2S.ClH/c20-15(10-13-11-22-8-6-17-13)18-12-3-1-4-14(9-12)19-7-2-5-16(19)21;/h1,3-4,9,13,17H,2,5-8,10-11H2,(H,18,20);1H. The van der Waals surface area contributed by atoms with Gasteiger partial charge in [0.15, 0.2) is 0 Å². The summed E-state index contributed by atoms with van der Waals surface area (Å²) in [5, 5.41) is 6.30. The van der Waals surface area contributed by atoms with Crippen molar-refractivity contribution in [2.24, 2.45) is 0 Å². The van der Waals surface area contributed by atoms with E-state index in [1.807, 2.05) is 36.0 Å². The third-order valence-corrected chi connectivity index (χ3v) is 5.08. The van der Waals surface area contributed by atoms with Crippen LogP contribution in [0, 0.1) is 0 Å². The summed E-state index contributed by atoms with van der Waals surface area (Å²) >= 11 is 1.88. The highest BCUT2D eigenvalue weighted by Gasteiger charge is 2.22. The molecule has 1 unspecified atom stereocenters. The van der Waals surface area contributed by atoms with E-state index in [2.05, 4.69) is 10.6 Å². The van der Waals surface area contributed by atoms with Gasteiger partial charge in [0.2, 0.25) is 11.8 Å². The van der Waals surface area contributed by atoms with Crippen LogP contribution in [0.15, 0.2) is 24.3 Å². The molecule has 0 spiro atoms. The molecule has 1 atom stereocenters. The maximum Gasteiger partial charge on any atom is 0.227 e. The average molecular weight is 356 g/mol. The van der Waals surface area contributed by atoms with Crippen LogP contribution in [0.3, 0.4) is 0 Å². The van der Waals surface area contributed by atoms with Crippen LogP contribution in [0.2, 0.25) is 0 Å². The predicted octanol–water partition coefficient (Wildman–Crippen LogP) is 2.27. The normalized spacial score (nSPS) is 21.0. The lowest BCUT2D eigenvalue weighted by molar-refractivity contribution is -0.117. The second-order valence-corrected chi connectivity index (χ2v) is 6.83. The molecule has 0 saturated carbocycles. The van der Waals surface area contributed by atoms with Crippen LogP contribution >= 0.6 is 24.2 Å². The van der Waals surface area contributed by atoms with Gasteiger partial charge in [-0.25, -0.2) is 0 Å². The summed E-state index contributed by atoms with van der Waals surface area (Å²) in [5.41, 5.74) is 1.62. The number of carbonyl (C=O) groups is 2. The lowest BCUT2D eigenvalue weighted by Crippen LogP contribution is -2.39. The number of benzene rings is 1. The van der Waals surface area contributed by atoms with Gasteiger partial charge in [-0.3, -0.25) is 9.59 Å². The summed E-state index contributed by atoms with van der Waals surface area (Å²) < 4.78 is 0. The SMILES string of the molecule is Cl.O=C(CC1CSCCN1)Nc1cccc(N2CCCC2=O)c1. The van der Waals surface area contributed by atoms with Crippen molar-refractivity contribution in [1.82, 2.24) is 5.32 Å². The van der Waals surface area contributed by atoms with Crippen molar-refractivity contribution >= 4 is 47.4 Å². The smallest absolute Gasteiger partial charge is 0.227 e. The van der Waals surface area contributed by atoms with Crippen molar-refractivity contribution in [2.75, 3.05) is 34.8 Å². The first-order chi connectivity index (χ1) is 10.7. The number of rotatable bonds is 4. The third kappa shape index (κ3) is 4.86. The minimum Gasteiger partial charge on any atom is -0.326 e. The van der Waals surface area contributed by atoms with Gasteiger partial charge in [0.25, 0.3) is 0 Å². The van der Waals surface area contributed by atoms with Gasteiger partial charge < -0.3 is 15.5 Å². The summed E-state index contributed by atoms with van der Waals surface area (Å²) in [6, 6.07) is 7.79. The first-order valence-corrected chi connectivity index (χ1v) is 8.89. The van der Waals surface area contributed by atoms with Crippen LogP contribution in [0.4, 0.5) is 11.4 Å². The molecule has 2 amide bonds. The fraction of sp³-hybridized carbons (Fsp3) is 0.500. The van der Waals surface area contributed by atoms with Crippen LogP contribution in [-0.4, -0.2) is 42.5 Å². The molecule has 0 radical (unpaired) electrons. The quantitative estimate of drug-likeness (QED) is 0.869. The summed E-state index contributed by atoms with van der Waals surface area (Å²) in [6.45, 7) is 1.73. The second kappa shape index (κ2) is 8.57. The van der Waals surface area contributed by atoms with Crippen LogP contribution in [0.1, 0.15) is 19.3 Å². The van der Waals surface area contributed by atoms with E-state index in [-0.39, 0.29) is 30.3 Å². The molecule has 126 valence electrons. The molecule has 0 bridgehead atoms. The number of nitrogens with zero attached hydrogens (tertiary/aromatic N) is 1. The number of nitrogens with one attached hydrogen (secondary N) is 2. The second-order valence-electron chi connectivity index (χ2n) is 5.68. The first-order valence-electron chi connectivity index (χ1n) is 7.74. The highest BCUT2D eigenvalue weighted by atomic mass is 35.5. The van der Waals surface area contributed by atoms with Gasteiger partial charge in [0.1, 0.15) is 0 Å². The summed E-state index contributed by atoms with van der Waals surface area (Å²) in [7, 11) is 0. The average Bonchev–Trinajstić information content (AvgIpc) is 2.94. The van der Waals surface area contributed by atoms with Crippen molar-refractivity contribution in [2.45, 2.75) is 25.3 Å². The Morgan fingerprint density at radius 2 is 2.30 bits per heavy atom. The lowest BCUT2D eigenvalue weighted by Gasteiger charge is -2.22. The fourth-order valence-electron chi connectivity index (χ4n) is 2.86. The predicted molar refractivity (Wildman–Crippen MR) is 97.6 cm³/mol. The first kappa shape index (κ1) is 18.1. The lowest BCUT2D eigenvalue weighted by atomic mass is 10.2. The third-order valence-electron chi connectivity index (χ3n) is 3.95. The molecule has 23 heavy (non-hydrogen) atoms. The van der Waals surface area contributed by atoms with Crippen molar-refractivity contribution in [3.05, 3.63) is 24.3 Å². The Bertz CT molecular complexity index is 564. The molecule has 0 aliphatic carbocycles. The Morgan fingerprint density at radius 1 is 1.43 bits per heavy atom. The van der Waals surface area contributed by atoms with Crippen LogP contribution in [0.25, 0.3) is 0 Å². The van der Waals surface area contributed by atoms with Crippen molar-refractivity contribution in [3.8, 4) is 0 Å². The number of halogens is 1. The zero-order chi connectivity index (χ0) is 15.4. The van der Waals surface area contributed by atoms with Gasteiger partial charge >= 0.3 is 0 Å². The topological polar surface area (TPSA) is 61.4 Å². The fourth-order valence-corrected chi connectivity index (χ4v) is 3.81. The molecule has 3 rings (SSSR count). The number of hydrogen-bond donors (Lipinski definition) is 2.